The second kappa shape index (κ2) is 6.28. The van der Waals surface area contributed by atoms with Crippen molar-refractivity contribution in [1.29, 1.82) is 0 Å². The summed E-state index contributed by atoms with van der Waals surface area (Å²) >= 11 is 5.76. The number of carboxylic acids is 1. The number of halogens is 1. The molecule has 0 aromatic heterocycles. The monoisotopic (exact) mass is 305 g/mol. The Morgan fingerprint density at radius 3 is 2.29 bits per heavy atom. The molecule has 2 N–H and O–H groups in total. The van der Waals surface area contributed by atoms with E-state index in [-0.39, 0.29) is 17.2 Å². The first-order chi connectivity index (χ1) is 10.0. The minimum Gasteiger partial charge on any atom is -0.495 e. The fraction of sp³-hybridized carbons (Fsp3) is 0.0667. The summed E-state index contributed by atoms with van der Waals surface area (Å²) in [5.74, 6) is -1.09. The molecule has 0 radical (unpaired) electrons. The zero-order valence-electron chi connectivity index (χ0n) is 11.1. The summed E-state index contributed by atoms with van der Waals surface area (Å²) < 4.78 is 5.11. The quantitative estimate of drug-likeness (QED) is 0.908. The predicted octanol–water partition coefficient (Wildman–Crippen LogP) is 3.30. The molecule has 21 heavy (non-hydrogen) atoms. The van der Waals surface area contributed by atoms with Crippen LogP contribution < -0.4 is 10.1 Å². The highest BCUT2D eigenvalue weighted by Gasteiger charge is 2.12. The van der Waals surface area contributed by atoms with E-state index >= 15 is 0 Å². The third-order valence-corrected chi connectivity index (χ3v) is 3.05. The van der Waals surface area contributed by atoms with Gasteiger partial charge in [0.2, 0.25) is 0 Å². The summed E-state index contributed by atoms with van der Waals surface area (Å²) in [4.78, 5) is 23.1. The van der Waals surface area contributed by atoms with Gasteiger partial charge in [0.25, 0.3) is 5.91 Å². The van der Waals surface area contributed by atoms with Gasteiger partial charge < -0.3 is 15.2 Å². The van der Waals surface area contributed by atoms with E-state index in [0.29, 0.717) is 16.3 Å². The van der Waals surface area contributed by atoms with E-state index in [1.54, 1.807) is 24.3 Å². The highest BCUT2D eigenvalue weighted by atomic mass is 35.5. The van der Waals surface area contributed by atoms with Crippen molar-refractivity contribution >= 4 is 29.2 Å². The van der Waals surface area contributed by atoms with Gasteiger partial charge in [-0.15, -0.1) is 0 Å². The molecule has 0 aliphatic carbocycles. The average Bonchev–Trinajstić information content (AvgIpc) is 2.47. The van der Waals surface area contributed by atoms with Crippen LogP contribution in [0.15, 0.2) is 42.5 Å². The Kier molecular flexibility index (Phi) is 4.45. The van der Waals surface area contributed by atoms with Crippen LogP contribution in [0.4, 0.5) is 5.69 Å². The van der Waals surface area contributed by atoms with Gasteiger partial charge in [0.15, 0.2) is 0 Å². The van der Waals surface area contributed by atoms with Crippen molar-refractivity contribution in [1.82, 2.24) is 0 Å². The molecule has 2 rings (SSSR count). The highest BCUT2D eigenvalue weighted by Crippen LogP contribution is 2.26. The lowest BCUT2D eigenvalue weighted by Gasteiger charge is -2.11. The van der Waals surface area contributed by atoms with E-state index in [0.717, 1.165) is 0 Å². The molecular formula is C15H12ClNO4. The van der Waals surface area contributed by atoms with Crippen molar-refractivity contribution in [2.45, 2.75) is 0 Å². The van der Waals surface area contributed by atoms with Crippen molar-refractivity contribution in [2.75, 3.05) is 12.4 Å². The molecule has 1 amide bonds. The first-order valence-corrected chi connectivity index (χ1v) is 6.37. The number of ether oxygens (including phenoxy) is 1. The van der Waals surface area contributed by atoms with Crippen molar-refractivity contribution in [3.8, 4) is 5.75 Å². The molecule has 0 aliphatic rings. The molecule has 2 aromatic carbocycles. The summed E-state index contributed by atoms with van der Waals surface area (Å²) in [5, 5.41) is 12.1. The third kappa shape index (κ3) is 3.52. The maximum atomic E-state index is 12.1. The van der Waals surface area contributed by atoms with Crippen LogP contribution in [-0.2, 0) is 0 Å². The minimum atomic E-state index is -1.08. The minimum absolute atomic E-state index is 0.0576. The first-order valence-electron chi connectivity index (χ1n) is 5.99. The number of carbonyl (C=O) groups is 2. The number of amides is 1. The molecule has 0 heterocycles. The number of nitrogens with one attached hydrogen (secondary N) is 1. The van der Waals surface area contributed by atoms with Gasteiger partial charge in [-0.25, -0.2) is 4.79 Å². The first kappa shape index (κ1) is 14.9. The Morgan fingerprint density at radius 2 is 1.71 bits per heavy atom. The summed E-state index contributed by atoms with van der Waals surface area (Å²) in [7, 11) is 1.44. The molecule has 6 heteroatoms. The Morgan fingerprint density at radius 1 is 1.10 bits per heavy atom. The largest absolute Gasteiger partial charge is 0.495 e. The number of methoxy groups -OCH3 is 1. The van der Waals surface area contributed by atoms with Crippen molar-refractivity contribution in [3.05, 3.63) is 58.6 Å². The van der Waals surface area contributed by atoms with Crippen LogP contribution in [0.2, 0.25) is 5.02 Å². The summed E-state index contributed by atoms with van der Waals surface area (Å²) in [6, 6.07) is 10.6. The maximum absolute atomic E-state index is 12.1. The lowest BCUT2D eigenvalue weighted by Crippen LogP contribution is -2.13. The second-order valence-corrected chi connectivity index (χ2v) is 4.62. The van der Waals surface area contributed by atoms with Crippen LogP contribution in [0.5, 0.6) is 5.75 Å². The van der Waals surface area contributed by atoms with E-state index < -0.39 is 5.97 Å². The van der Waals surface area contributed by atoms with Crippen LogP contribution in [0, 0.1) is 0 Å². The fourth-order valence-corrected chi connectivity index (χ4v) is 1.86. The van der Waals surface area contributed by atoms with Gasteiger partial charge in [0, 0.05) is 10.6 Å². The number of carbonyl (C=O) groups excluding carboxylic acids is 1. The molecule has 108 valence electrons. The maximum Gasteiger partial charge on any atom is 0.335 e. The zero-order chi connectivity index (χ0) is 15.4. The Hall–Kier alpha value is -2.53. The molecule has 0 bridgehead atoms. The van der Waals surface area contributed by atoms with Gasteiger partial charge in [0.05, 0.1) is 18.4 Å². The summed E-state index contributed by atoms with van der Waals surface area (Å²) in [6.07, 6.45) is 0. The molecule has 0 spiro atoms. The van der Waals surface area contributed by atoms with Gasteiger partial charge >= 0.3 is 5.97 Å². The van der Waals surface area contributed by atoms with Crippen LogP contribution in [0.1, 0.15) is 20.7 Å². The molecule has 0 atom stereocenters. The SMILES string of the molecule is COc1ccc(C(=O)O)cc1NC(=O)c1ccc(Cl)cc1. The third-order valence-electron chi connectivity index (χ3n) is 2.80. The van der Waals surface area contributed by atoms with Gasteiger partial charge in [-0.05, 0) is 42.5 Å². The van der Waals surface area contributed by atoms with Crippen molar-refractivity contribution in [2.24, 2.45) is 0 Å². The predicted molar refractivity (Wildman–Crippen MR) is 79.4 cm³/mol. The zero-order valence-corrected chi connectivity index (χ0v) is 11.8. The Balaban J connectivity index is 2.29. The van der Waals surface area contributed by atoms with E-state index in [9.17, 15) is 9.59 Å². The number of rotatable bonds is 4. The summed E-state index contributed by atoms with van der Waals surface area (Å²) in [6.45, 7) is 0. The van der Waals surface area contributed by atoms with Crippen LogP contribution in [-0.4, -0.2) is 24.1 Å². The number of hydrogen-bond donors (Lipinski definition) is 2. The Bertz CT molecular complexity index is 683. The van der Waals surface area contributed by atoms with Gasteiger partial charge in [-0.2, -0.15) is 0 Å². The standard InChI is InChI=1S/C15H12ClNO4/c1-21-13-7-4-10(15(19)20)8-12(13)17-14(18)9-2-5-11(16)6-3-9/h2-8H,1H3,(H,17,18)(H,19,20). The lowest BCUT2D eigenvalue weighted by atomic mass is 10.1. The van der Waals surface area contributed by atoms with E-state index in [2.05, 4.69) is 5.32 Å². The molecule has 0 saturated heterocycles. The lowest BCUT2D eigenvalue weighted by molar-refractivity contribution is 0.0696. The molecule has 0 unspecified atom stereocenters. The van der Waals surface area contributed by atoms with Crippen LogP contribution >= 0.6 is 11.6 Å². The Labute approximate surface area is 126 Å². The highest BCUT2D eigenvalue weighted by molar-refractivity contribution is 6.30. The van der Waals surface area contributed by atoms with Gasteiger partial charge in [-0.3, -0.25) is 4.79 Å². The number of benzene rings is 2. The molecular weight excluding hydrogens is 294 g/mol. The molecule has 2 aromatic rings. The number of hydrogen-bond acceptors (Lipinski definition) is 3. The van der Waals surface area contributed by atoms with E-state index in [1.807, 2.05) is 0 Å². The van der Waals surface area contributed by atoms with E-state index in [4.69, 9.17) is 21.4 Å². The van der Waals surface area contributed by atoms with E-state index in [1.165, 1.54) is 25.3 Å². The smallest absolute Gasteiger partial charge is 0.335 e. The second-order valence-electron chi connectivity index (χ2n) is 4.18. The fourth-order valence-electron chi connectivity index (χ4n) is 1.73. The average molecular weight is 306 g/mol. The number of aromatic carboxylic acids is 1. The van der Waals surface area contributed by atoms with Crippen LogP contribution in [0.3, 0.4) is 0 Å². The molecule has 0 fully saturated rings. The van der Waals surface area contributed by atoms with Crippen molar-refractivity contribution in [3.63, 3.8) is 0 Å². The topological polar surface area (TPSA) is 75.6 Å². The number of carboxylic acid groups (broad SMARTS) is 1. The summed E-state index contributed by atoms with van der Waals surface area (Å²) in [5.41, 5.74) is 0.752. The van der Waals surface area contributed by atoms with Crippen LogP contribution in [0.25, 0.3) is 0 Å². The molecule has 0 aliphatic heterocycles. The van der Waals surface area contributed by atoms with Gasteiger partial charge in [0.1, 0.15) is 5.75 Å². The molecule has 5 nitrogen and oxygen atoms in total. The number of anilines is 1. The van der Waals surface area contributed by atoms with Crippen molar-refractivity contribution < 1.29 is 19.4 Å². The normalized spacial score (nSPS) is 10.0. The van der Waals surface area contributed by atoms with Gasteiger partial charge in [-0.1, -0.05) is 11.6 Å². The molecule has 0 saturated carbocycles.